The molecule has 88 valence electrons. The second-order valence-corrected chi connectivity index (χ2v) is 4.83. The van der Waals surface area contributed by atoms with Gasteiger partial charge in [0.05, 0.1) is 21.7 Å². The molecular formula is C11H11Cl3O2. The first-order chi connectivity index (χ1) is 7.66. The lowest BCUT2D eigenvalue weighted by Crippen LogP contribution is -2.25. The molecule has 0 spiro atoms. The maximum atomic E-state index is 6.00. The monoisotopic (exact) mass is 280 g/mol. The van der Waals surface area contributed by atoms with Gasteiger partial charge in [0, 0.05) is 12.5 Å². The van der Waals surface area contributed by atoms with Crippen LogP contribution in [0, 0.1) is 0 Å². The van der Waals surface area contributed by atoms with Crippen molar-refractivity contribution in [1.29, 1.82) is 0 Å². The van der Waals surface area contributed by atoms with Crippen molar-refractivity contribution in [3.8, 4) is 5.75 Å². The predicted octanol–water partition coefficient (Wildman–Crippen LogP) is 4.55. The van der Waals surface area contributed by atoms with Crippen LogP contribution in [-0.2, 0) is 4.74 Å². The summed E-state index contributed by atoms with van der Waals surface area (Å²) in [6, 6.07) is 3.19. The van der Waals surface area contributed by atoms with E-state index in [1.807, 2.05) is 0 Å². The Kier molecular flexibility index (Phi) is 4.20. The Morgan fingerprint density at radius 3 is 2.50 bits per heavy atom. The fraction of sp³-hybridized carbons (Fsp3) is 0.455. The van der Waals surface area contributed by atoms with E-state index in [9.17, 15) is 0 Å². The predicted molar refractivity (Wildman–Crippen MR) is 65.7 cm³/mol. The van der Waals surface area contributed by atoms with Crippen LogP contribution in [0.4, 0.5) is 0 Å². The van der Waals surface area contributed by atoms with Crippen LogP contribution in [0.1, 0.15) is 19.3 Å². The lowest BCUT2D eigenvalue weighted by molar-refractivity contribution is -0.105. The molecule has 1 saturated heterocycles. The third-order valence-corrected chi connectivity index (χ3v) is 3.39. The Morgan fingerprint density at radius 1 is 1.06 bits per heavy atom. The molecule has 0 aromatic heterocycles. The van der Waals surface area contributed by atoms with Crippen molar-refractivity contribution in [3.63, 3.8) is 0 Å². The van der Waals surface area contributed by atoms with E-state index in [1.54, 1.807) is 12.1 Å². The number of halogens is 3. The molecule has 5 heteroatoms. The highest BCUT2D eigenvalue weighted by Crippen LogP contribution is 2.35. The summed E-state index contributed by atoms with van der Waals surface area (Å²) in [6.07, 6.45) is 2.82. The molecule has 2 nitrogen and oxygen atoms in total. The minimum absolute atomic E-state index is 0.233. The van der Waals surface area contributed by atoms with E-state index in [0.717, 1.165) is 25.9 Å². The van der Waals surface area contributed by atoms with Crippen molar-refractivity contribution < 1.29 is 9.47 Å². The van der Waals surface area contributed by atoms with E-state index in [0.29, 0.717) is 20.8 Å². The molecule has 1 fully saturated rings. The van der Waals surface area contributed by atoms with Gasteiger partial charge in [-0.1, -0.05) is 34.8 Å². The minimum atomic E-state index is -0.233. The fourth-order valence-corrected chi connectivity index (χ4v) is 2.12. The molecule has 1 atom stereocenters. The van der Waals surface area contributed by atoms with Gasteiger partial charge in [-0.15, -0.1) is 0 Å². The van der Waals surface area contributed by atoms with Crippen LogP contribution >= 0.6 is 34.8 Å². The summed E-state index contributed by atoms with van der Waals surface area (Å²) in [5.74, 6) is 0.517. The minimum Gasteiger partial charge on any atom is -0.463 e. The summed E-state index contributed by atoms with van der Waals surface area (Å²) in [6.45, 7) is 0.726. The summed E-state index contributed by atoms with van der Waals surface area (Å²) in [5.41, 5.74) is 0. The van der Waals surface area contributed by atoms with Crippen molar-refractivity contribution in [2.75, 3.05) is 6.61 Å². The summed E-state index contributed by atoms with van der Waals surface area (Å²) in [5, 5.41) is 1.30. The first-order valence-corrected chi connectivity index (χ1v) is 6.23. The van der Waals surface area contributed by atoms with Gasteiger partial charge < -0.3 is 9.47 Å². The Bertz CT molecular complexity index is 376. The molecule has 1 heterocycles. The van der Waals surface area contributed by atoms with Crippen LogP contribution in [0.2, 0.25) is 15.1 Å². The van der Waals surface area contributed by atoms with Gasteiger partial charge in [-0.2, -0.15) is 0 Å². The van der Waals surface area contributed by atoms with Gasteiger partial charge in [0.1, 0.15) is 5.75 Å². The molecule has 0 amide bonds. The molecule has 0 N–H and O–H groups in total. The standard InChI is InChI=1S/C11H11Cl3O2/c12-7-5-9(14)10(6-8(7)13)16-11-3-1-2-4-15-11/h5-6,11H,1-4H2/t11-/m1/s1. The average molecular weight is 282 g/mol. The highest BCUT2D eigenvalue weighted by Gasteiger charge is 2.17. The molecule has 0 unspecified atom stereocenters. The topological polar surface area (TPSA) is 18.5 Å². The van der Waals surface area contributed by atoms with E-state index in [1.165, 1.54) is 0 Å². The average Bonchev–Trinajstić information content (AvgIpc) is 2.27. The number of hydrogen-bond donors (Lipinski definition) is 0. The molecule has 1 aliphatic heterocycles. The SMILES string of the molecule is Clc1cc(Cl)c(O[C@@H]2CCCCO2)cc1Cl. The van der Waals surface area contributed by atoms with Crippen molar-refractivity contribution >= 4 is 34.8 Å². The normalized spacial score (nSPS) is 20.8. The summed E-state index contributed by atoms with van der Waals surface area (Å²) in [4.78, 5) is 0. The van der Waals surface area contributed by atoms with Gasteiger partial charge in [-0.05, 0) is 18.9 Å². The van der Waals surface area contributed by atoms with E-state index >= 15 is 0 Å². The van der Waals surface area contributed by atoms with E-state index in [-0.39, 0.29) is 6.29 Å². The van der Waals surface area contributed by atoms with Crippen LogP contribution in [0.5, 0.6) is 5.75 Å². The van der Waals surface area contributed by atoms with Crippen molar-refractivity contribution in [1.82, 2.24) is 0 Å². The molecule has 2 rings (SSSR count). The zero-order valence-corrected chi connectivity index (χ0v) is 10.8. The lowest BCUT2D eigenvalue weighted by Gasteiger charge is -2.24. The second kappa shape index (κ2) is 5.46. The Labute approximate surface area is 109 Å². The van der Waals surface area contributed by atoms with Crippen LogP contribution in [0.25, 0.3) is 0 Å². The van der Waals surface area contributed by atoms with Crippen LogP contribution < -0.4 is 4.74 Å². The zero-order chi connectivity index (χ0) is 11.5. The number of hydrogen-bond acceptors (Lipinski definition) is 2. The third-order valence-electron chi connectivity index (χ3n) is 2.37. The number of ether oxygens (including phenoxy) is 2. The maximum Gasteiger partial charge on any atom is 0.199 e. The summed E-state index contributed by atoms with van der Waals surface area (Å²) in [7, 11) is 0. The van der Waals surface area contributed by atoms with E-state index < -0.39 is 0 Å². The molecule has 0 aliphatic carbocycles. The van der Waals surface area contributed by atoms with E-state index in [2.05, 4.69) is 0 Å². The maximum absolute atomic E-state index is 6.00. The largest absolute Gasteiger partial charge is 0.463 e. The summed E-state index contributed by atoms with van der Waals surface area (Å²) >= 11 is 17.7. The molecule has 1 aromatic rings. The van der Waals surface area contributed by atoms with Crippen molar-refractivity contribution in [3.05, 3.63) is 27.2 Å². The quantitative estimate of drug-likeness (QED) is 0.740. The van der Waals surface area contributed by atoms with Crippen LogP contribution in [0.15, 0.2) is 12.1 Å². The van der Waals surface area contributed by atoms with Gasteiger partial charge in [0.15, 0.2) is 6.29 Å². The third kappa shape index (κ3) is 2.95. The molecule has 0 bridgehead atoms. The highest BCUT2D eigenvalue weighted by molar-refractivity contribution is 6.43. The zero-order valence-electron chi connectivity index (χ0n) is 8.51. The second-order valence-electron chi connectivity index (χ2n) is 3.61. The molecule has 1 aromatic carbocycles. The first kappa shape index (κ1) is 12.3. The van der Waals surface area contributed by atoms with Crippen LogP contribution in [0.3, 0.4) is 0 Å². The smallest absolute Gasteiger partial charge is 0.199 e. The van der Waals surface area contributed by atoms with E-state index in [4.69, 9.17) is 44.3 Å². The Balaban J connectivity index is 2.11. The van der Waals surface area contributed by atoms with Gasteiger partial charge in [-0.3, -0.25) is 0 Å². The number of rotatable bonds is 2. The Hall–Kier alpha value is -0.150. The van der Waals surface area contributed by atoms with Gasteiger partial charge >= 0.3 is 0 Å². The number of benzene rings is 1. The van der Waals surface area contributed by atoms with Gasteiger partial charge in [-0.25, -0.2) is 0 Å². The fourth-order valence-electron chi connectivity index (χ4n) is 1.54. The molecule has 0 saturated carbocycles. The first-order valence-electron chi connectivity index (χ1n) is 5.09. The van der Waals surface area contributed by atoms with Crippen molar-refractivity contribution in [2.24, 2.45) is 0 Å². The Morgan fingerprint density at radius 2 is 1.81 bits per heavy atom. The summed E-state index contributed by atoms with van der Waals surface area (Å²) < 4.78 is 11.1. The lowest BCUT2D eigenvalue weighted by atomic mass is 10.2. The molecular weight excluding hydrogens is 270 g/mol. The molecule has 1 aliphatic rings. The molecule has 16 heavy (non-hydrogen) atoms. The van der Waals surface area contributed by atoms with Gasteiger partial charge in [0.2, 0.25) is 0 Å². The van der Waals surface area contributed by atoms with Crippen LogP contribution in [-0.4, -0.2) is 12.9 Å². The van der Waals surface area contributed by atoms with Gasteiger partial charge in [0.25, 0.3) is 0 Å². The van der Waals surface area contributed by atoms with Crippen molar-refractivity contribution in [2.45, 2.75) is 25.6 Å². The highest BCUT2D eigenvalue weighted by atomic mass is 35.5. The molecule has 0 radical (unpaired) electrons.